The molecule has 2 aliphatic heterocycles. The molecule has 17 aromatic rings. The molecule has 3 aromatic heterocycles. The van der Waals surface area contributed by atoms with Gasteiger partial charge in [0.1, 0.15) is 11.2 Å². The summed E-state index contributed by atoms with van der Waals surface area (Å²) >= 11 is 1.77. The molecule has 14 aromatic carbocycles. The summed E-state index contributed by atoms with van der Waals surface area (Å²) < 4.78 is 86.8. The van der Waals surface area contributed by atoms with Crippen LogP contribution in [-0.2, 0) is 10.8 Å². The lowest BCUT2D eigenvalue weighted by atomic mass is 9.72. The molecule has 1 unspecified atom stereocenters. The Morgan fingerprint density at radius 1 is 0.367 bits per heavy atom. The van der Waals surface area contributed by atoms with E-state index in [1.807, 2.05) is 12.1 Å². The Bertz CT molecular complexity index is 6510. The highest BCUT2D eigenvalue weighted by molar-refractivity contribution is 7.26. The van der Waals surface area contributed by atoms with E-state index in [1.165, 1.54) is 5.56 Å². The summed E-state index contributed by atoms with van der Waals surface area (Å²) in [6.45, 7) is 13.6. The van der Waals surface area contributed by atoms with E-state index in [9.17, 15) is 8.22 Å². The maximum absolute atomic E-state index is 9.88. The fourth-order valence-corrected chi connectivity index (χ4v) is 16.9. The molecule has 5 heterocycles. The monoisotopic (exact) mass is 1280 g/mol. The third-order valence-electron chi connectivity index (χ3n) is 20.3. The van der Waals surface area contributed by atoms with Gasteiger partial charge in [-0.15, -0.1) is 11.3 Å². The van der Waals surface area contributed by atoms with Gasteiger partial charge in [-0.25, -0.2) is 0 Å². The van der Waals surface area contributed by atoms with Crippen LogP contribution in [0.15, 0.2) is 308 Å². The largest absolute Gasteiger partial charge is 0.456 e. The minimum Gasteiger partial charge on any atom is -0.456 e. The molecule has 0 amide bonds. The Labute approximate surface area is 586 Å². The predicted molar refractivity (Wildman–Crippen MR) is 416 cm³/mol. The van der Waals surface area contributed by atoms with Crippen LogP contribution < -0.4 is 9.80 Å². The molecule has 0 aliphatic carbocycles. The van der Waals surface area contributed by atoms with Crippen LogP contribution in [0.4, 0.5) is 34.1 Å². The van der Waals surface area contributed by atoms with Crippen molar-refractivity contribution >= 4 is 109 Å². The Kier molecular flexibility index (Phi) is 11.2. The van der Waals surface area contributed by atoms with Crippen LogP contribution in [-0.4, -0.2) is 4.57 Å². The number of aromatic nitrogens is 1. The average molecular weight is 1280 g/mol. The summed E-state index contributed by atoms with van der Waals surface area (Å²) in [7, 11) is 0. The van der Waals surface area contributed by atoms with E-state index in [0.29, 0.717) is 5.69 Å². The van der Waals surface area contributed by atoms with Gasteiger partial charge in [-0.3, -0.25) is 0 Å². The van der Waals surface area contributed by atoms with E-state index < -0.39 is 47.6 Å². The number of rotatable bonds is 8. The molecule has 4 nitrogen and oxygen atoms in total. The zero-order valence-corrected chi connectivity index (χ0v) is 55.8. The molecule has 0 spiro atoms. The summed E-state index contributed by atoms with van der Waals surface area (Å²) in [6.07, 6.45) is 0. The Hall–Kier alpha value is -11.5. The predicted octanol–water partition coefficient (Wildman–Crippen LogP) is 26.7. The highest BCUT2D eigenvalue weighted by atomic mass is 32.1. The highest BCUT2D eigenvalue weighted by Crippen LogP contribution is 2.66. The van der Waals surface area contributed by atoms with Crippen molar-refractivity contribution in [2.24, 2.45) is 0 Å². The van der Waals surface area contributed by atoms with Crippen LogP contribution in [0.5, 0.6) is 0 Å². The van der Waals surface area contributed by atoms with Gasteiger partial charge in [-0.1, -0.05) is 272 Å². The summed E-state index contributed by atoms with van der Waals surface area (Å²) in [5.41, 5.74) is 22.2. The van der Waals surface area contributed by atoms with Crippen molar-refractivity contribution in [1.29, 1.82) is 0 Å². The Morgan fingerprint density at radius 3 is 1.53 bits per heavy atom. The second kappa shape index (κ2) is 22.0. The number of para-hydroxylation sites is 3. The van der Waals surface area contributed by atoms with Gasteiger partial charge in [0.15, 0.2) is 0 Å². The number of fused-ring (bicyclic) bond motifs is 13. The standard InChI is InChI=1S/C93H69N3OS/c1-92(2,3)63-37-27-36-61(50-63)62-46-49-76-73(51-62)86-68-48-47-65(94-74-42-23-19-38-66(74)67-39-20-24-43-75(67)94)54-77(68)96(91-72(58-30-13-8-14-31-58)56-83-88(70-41-22-26-45-82(70)98-83)85(91)60-34-17-10-18-35-60)79-53-64(93(4,5)6)52-78(89(79)86)95(76)90-71(57-28-11-7-12-29-57)55-81-87(69-40-21-25-44-80(69)97-81)84(90)59-32-15-9-16-33-59/h7-56,86H,1-6H3/i19D,20D,23D,24D,38D,39D,42D,43D. The number of hydrogen-bond acceptors (Lipinski definition) is 4. The third kappa shape index (κ3) is 8.95. The van der Waals surface area contributed by atoms with E-state index in [1.54, 1.807) is 15.9 Å². The summed E-state index contributed by atoms with van der Waals surface area (Å²) in [6, 6.07) is 88.0. The molecule has 0 fully saturated rings. The van der Waals surface area contributed by atoms with E-state index in [4.69, 9.17) is 7.16 Å². The van der Waals surface area contributed by atoms with Crippen LogP contribution in [0.1, 0.15) is 86.2 Å². The Balaban J connectivity index is 1.04. The lowest BCUT2D eigenvalue weighted by Crippen LogP contribution is -2.31. The van der Waals surface area contributed by atoms with Crippen LogP contribution in [0.2, 0.25) is 0 Å². The van der Waals surface area contributed by atoms with Gasteiger partial charge >= 0.3 is 0 Å². The fourth-order valence-electron chi connectivity index (χ4n) is 15.7. The summed E-state index contributed by atoms with van der Waals surface area (Å²) in [5, 5.41) is 4.21. The van der Waals surface area contributed by atoms with E-state index in [2.05, 4.69) is 294 Å². The molecular weight excluding hydrogens is 1210 g/mol. The van der Waals surface area contributed by atoms with Crippen molar-refractivity contribution in [2.45, 2.75) is 58.3 Å². The van der Waals surface area contributed by atoms with Crippen molar-refractivity contribution in [3.8, 4) is 61.3 Å². The maximum Gasteiger partial charge on any atom is 0.136 e. The van der Waals surface area contributed by atoms with E-state index in [0.717, 1.165) is 154 Å². The zero-order valence-electron chi connectivity index (χ0n) is 63.0. The van der Waals surface area contributed by atoms with Crippen molar-refractivity contribution < 1.29 is 15.4 Å². The first-order valence-electron chi connectivity index (χ1n) is 37.6. The number of benzene rings is 14. The highest BCUT2D eigenvalue weighted by Gasteiger charge is 2.45. The number of nitrogens with zero attached hydrogens (tertiary/aromatic N) is 3. The normalized spacial score (nSPS) is 14.8. The number of hydrogen-bond donors (Lipinski definition) is 0. The van der Waals surface area contributed by atoms with Gasteiger partial charge in [0.2, 0.25) is 0 Å². The molecule has 1 atom stereocenters. The first-order valence-corrected chi connectivity index (χ1v) is 34.4. The molecule has 98 heavy (non-hydrogen) atoms. The SMILES string of the molecule is [2H]c1c([2H])c([2H])c2c(c1[2H])c1c([2H])c([2H])c([2H])c([2H])c1n2-c1ccc2c(c1)N(c1c(-c3ccccc3)cc3sc4ccccc4c3c1-c1ccccc1)c1cc(C(C)(C)C)cc3c1C2c1cc(-c2cccc(C(C)(C)C)c2)ccc1N3c1c(-c2ccccc2)cc2oc3ccccc3c2c1-c1ccccc1. The van der Waals surface area contributed by atoms with Gasteiger partial charge in [0.05, 0.1) is 56.1 Å². The molecule has 2 aliphatic rings. The van der Waals surface area contributed by atoms with Crippen LogP contribution in [0.25, 0.3) is 125 Å². The molecule has 0 radical (unpaired) electrons. The van der Waals surface area contributed by atoms with Crippen molar-refractivity contribution in [3.05, 3.63) is 331 Å². The molecule has 0 bridgehead atoms. The van der Waals surface area contributed by atoms with E-state index >= 15 is 0 Å². The number of anilines is 6. The fraction of sp³-hybridized carbons (Fsp3) is 0.0968. The first-order chi connectivity index (χ1) is 51.2. The van der Waals surface area contributed by atoms with Gasteiger partial charge < -0.3 is 18.8 Å². The average Bonchev–Trinajstić information content (AvgIpc) is 1.05. The minimum absolute atomic E-state index is 0.00982. The van der Waals surface area contributed by atoms with Gasteiger partial charge in [0, 0.05) is 81.1 Å². The molecular formula is C93H69N3OS. The quantitative estimate of drug-likeness (QED) is 0.152. The van der Waals surface area contributed by atoms with Crippen molar-refractivity contribution in [3.63, 3.8) is 0 Å². The first kappa shape index (κ1) is 50.0. The Morgan fingerprint density at radius 2 is 0.898 bits per heavy atom. The smallest absolute Gasteiger partial charge is 0.136 e. The zero-order chi connectivity index (χ0) is 72.7. The molecule has 0 saturated carbocycles. The van der Waals surface area contributed by atoms with Crippen LogP contribution in [0, 0.1) is 0 Å². The molecule has 468 valence electrons. The molecule has 0 saturated heterocycles. The summed E-state index contributed by atoms with van der Waals surface area (Å²) in [4.78, 5) is 5.06. The van der Waals surface area contributed by atoms with Gasteiger partial charge in [-0.2, -0.15) is 0 Å². The van der Waals surface area contributed by atoms with Crippen LogP contribution >= 0.6 is 11.3 Å². The minimum atomic E-state index is -0.519. The van der Waals surface area contributed by atoms with Gasteiger partial charge in [-0.05, 0) is 139 Å². The lowest BCUT2D eigenvalue weighted by molar-refractivity contribution is 0.589. The third-order valence-corrected chi connectivity index (χ3v) is 21.4. The second-order valence-corrected chi connectivity index (χ2v) is 29.2. The molecule has 0 N–H and O–H groups in total. The maximum atomic E-state index is 9.88. The lowest BCUT2D eigenvalue weighted by Gasteiger charge is -2.47. The van der Waals surface area contributed by atoms with Crippen LogP contribution in [0.3, 0.4) is 0 Å². The molecule has 19 rings (SSSR count). The van der Waals surface area contributed by atoms with Crippen molar-refractivity contribution in [1.82, 2.24) is 4.57 Å². The number of thiophene rings is 1. The van der Waals surface area contributed by atoms with Crippen molar-refractivity contribution in [2.75, 3.05) is 9.80 Å². The molecule has 5 heteroatoms. The van der Waals surface area contributed by atoms with E-state index in [-0.39, 0.29) is 39.3 Å². The second-order valence-electron chi connectivity index (χ2n) is 28.1. The topological polar surface area (TPSA) is 24.6 Å². The number of furan rings is 1. The van der Waals surface area contributed by atoms with Gasteiger partial charge in [0.25, 0.3) is 0 Å². The summed E-state index contributed by atoms with van der Waals surface area (Å²) in [5.74, 6) is -0.519.